The molecule has 1 amide bonds. The molecule has 0 aromatic rings. The lowest BCUT2D eigenvalue weighted by molar-refractivity contribution is -0.118. The SMILES string of the molecule is CNCCNC(=O)CSCCC=O. The predicted octanol–water partition coefficient (Wildman–Crippen LogP) is -0.356. The minimum Gasteiger partial charge on any atom is -0.354 e. The first-order valence-electron chi connectivity index (χ1n) is 4.24. The maximum Gasteiger partial charge on any atom is 0.230 e. The highest BCUT2D eigenvalue weighted by atomic mass is 32.2. The van der Waals surface area contributed by atoms with Crippen LogP contribution in [0.1, 0.15) is 6.42 Å². The van der Waals surface area contributed by atoms with Gasteiger partial charge >= 0.3 is 0 Å². The first-order valence-corrected chi connectivity index (χ1v) is 5.39. The number of likely N-dealkylation sites (N-methyl/N-ethyl adjacent to an activating group) is 1. The summed E-state index contributed by atoms with van der Waals surface area (Å²) in [5, 5.41) is 5.68. The summed E-state index contributed by atoms with van der Waals surface area (Å²) in [7, 11) is 1.84. The summed E-state index contributed by atoms with van der Waals surface area (Å²) in [6.45, 7) is 1.44. The summed E-state index contributed by atoms with van der Waals surface area (Å²) in [5.74, 6) is 1.20. The number of aldehydes is 1. The van der Waals surface area contributed by atoms with E-state index in [0.29, 0.717) is 18.7 Å². The predicted molar refractivity (Wildman–Crippen MR) is 54.9 cm³/mol. The Kier molecular flexibility index (Phi) is 9.13. The zero-order chi connectivity index (χ0) is 9.94. The van der Waals surface area contributed by atoms with Crippen molar-refractivity contribution in [3.63, 3.8) is 0 Å². The zero-order valence-electron chi connectivity index (χ0n) is 7.84. The van der Waals surface area contributed by atoms with Gasteiger partial charge in [0, 0.05) is 25.3 Å². The highest BCUT2D eigenvalue weighted by Crippen LogP contribution is 1.99. The van der Waals surface area contributed by atoms with Gasteiger partial charge in [-0.25, -0.2) is 0 Å². The highest BCUT2D eigenvalue weighted by molar-refractivity contribution is 7.99. The number of thioether (sulfide) groups is 1. The van der Waals surface area contributed by atoms with Crippen molar-refractivity contribution in [3.05, 3.63) is 0 Å². The molecule has 0 aromatic heterocycles. The number of hydrogen-bond donors (Lipinski definition) is 2. The molecule has 0 heterocycles. The van der Waals surface area contributed by atoms with E-state index < -0.39 is 0 Å². The molecule has 2 N–H and O–H groups in total. The number of amides is 1. The Labute approximate surface area is 82.8 Å². The Morgan fingerprint density at radius 2 is 2.23 bits per heavy atom. The van der Waals surface area contributed by atoms with Crippen molar-refractivity contribution in [1.82, 2.24) is 10.6 Å². The summed E-state index contributed by atoms with van der Waals surface area (Å²) in [6.07, 6.45) is 1.39. The molecular weight excluding hydrogens is 188 g/mol. The van der Waals surface area contributed by atoms with Crippen LogP contribution in [0, 0.1) is 0 Å². The minimum atomic E-state index is 0.0335. The van der Waals surface area contributed by atoms with Gasteiger partial charge in [0.05, 0.1) is 5.75 Å². The molecule has 0 aliphatic heterocycles. The number of carbonyl (C=O) groups excluding carboxylic acids is 2. The van der Waals surface area contributed by atoms with Crippen LogP contribution in [0.4, 0.5) is 0 Å². The molecule has 0 spiro atoms. The van der Waals surface area contributed by atoms with Gasteiger partial charge in [-0.2, -0.15) is 11.8 Å². The molecule has 0 rings (SSSR count). The Hall–Kier alpha value is -0.550. The van der Waals surface area contributed by atoms with Crippen molar-refractivity contribution in [2.24, 2.45) is 0 Å². The lowest BCUT2D eigenvalue weighted by Crippen LogP contribution is -2.31. The van der Waals surface area contributed by atoms with Crippen LogP contribution in [-0.2, 0) is 9.59 Å². The summed E-state index contributed by atoms with van der Waals surface area (Å²) in [4.78, 5) is 21.0. The third-order valence-electron chi connectivity index (χ3n) is 1.31. The molecule has 13 heavy (non-hydrogen) atoms. The second kappa shape index (κ2) is 9.54. The van der Waals surface area contributed by atoms with Gasteiger partial charge in [0.25, 0.3) is 0 Å². The molecule has 0 saturated heterocycles. The standard InChI is InChI=1S/C8H16N2O2S/c1-9-3-4-10-8(12)7-13-6-2-5-11/h5,9H,2-4,6-7H2,1H3,(H,10,12). The number of nitrogens with one attached hydrogen (secondary N) is 2. The number of carbonyl (C=O) groups is 2. The third kappa shape index (κ3) is 9.36. The van der Waals surface area contributed by atoms with E-state index in [1.54, 1.807) is 0 Å². The average Bonchev–Trinajstić information content (AvgIpc) is 2.13. The Morgan fingerprint density at radius 3 is 2.85 bits per heavy atom. The van der Waals surface area contributed by atoms with Crippen LogP contribution in [0.25, 0.3) is 0 Å². The van der Waals surface area contributed by atoms with Gasteiger partial charge < -0.3 is 15.4 Å². The van der Waals surface area contributed by atoms with Crippen LogP contribution >= 0.6 is 11.8 Å². The van der Waals surface area contributed by atoms with E-state index in [1.165, 1.54) is 11.8 Å². The Bertz CT molecular complexity index is 153. The van der Waals surface area contributed by atoms with Gasteiger partial charge in [0.1, 0.15) is 6.29 Å². The highest BCUT2D eigenvalue weighted by Gasteiger charge is 1.98. The molecule has 5 heteroatoms. The average molecular weight is 204 g/mol. The number of hydrogen-bond acceptors (Lipinski definition) is 4. The van der Waals surface area contributed by atoms with Crippen LogP contribution in [0.2, 0.25) is 0 Å². The van der Waals surface area contributed by atoms with E-state index in [0.717, 1.165) is 18.6 Å². The number of rotatable bonds is 8. The molecule has 0 radical (unpaired) electrons. The monoisotopic (exact) mass is 204 g/mol. The molecule has 0 bridgehead atoms. The fraction of sp³-hybridized carbons (Fsp3) is 0.750. The van der Waals surface area contributed by atoms with E-state index in [1.807, 2.05) is 7.05 Å². The van der Waals surface area contributed by atoms with E-state index in [9.17, 15) is 9.59 Å². The molecule has 76 valence electrons. The third-order valence-corrected chi connectivity index (χ3v) is 2.30. The smallest absolute Gasteiger partial charge is 0.230 e. The van der Waals surface area contributed by atoms with Gasteiger partial charge in [-0.15, -0.1) is 0 Å². The van der Waals surface area contributed by atoms with Crippen LogP contribution in [0.5, 0.6) is 0 Å². The Morgan fingerprint density at radius 1 is 1.46 bits per heavy atom. The van der Waals surface area contributed by atoms with Crippen molar-refractivity contribution in [1.29, 1.82) is 0 Å². The summed E-state index contributed by atoms with van der Waals surface area (Å²) in [6, 6.07) is 0. The van der Waals surface area contributed by atoms with Crippen molar-refractivity contribution >= 4 is 24.0 Å². The maximum atomic E-state index is 11.0. The molecule has 0 saturated carbocycles. The fourth-order valence-electron chi connectivity index (χ4n) is 0.674. The van der Waals surface area contributed by atoms with Crippen molar-refractivity contribution in [3.8, 4) is 0 Å². The van der Waals surface area contributed by atoms with E-state index in [-0.39, 0.29) is 5.91 Å². The van der Waals surface area contributed by atoms with Gasteiger partial charge in [-0.3, -0.25) is 4.79 Å². The topological polar surface area (TPSA) is 58.2 Å². The first kappa shape index (κ1) is 12.4. The fourth-order valence-corrected chi connectivity index (χ4v) is 1.37. The van der Waals surface area contributed by atoms with E-state index in [2.05, 4.69) is 10.6 Å². The van der Waals surface area contributed by atoms with Crippen molar-refractivity contribution in [2.45, 2.75) is 6.42 Å². The van der Waals surface area contributed by atoms with Gasteiger partial charge in [-0.05, 0) is 7.05 Å². The molecule has 4 nitrogen and oxygen atoms in total. The van der Waals surface area contributed by atoms with Crippen LogP contribution in [0.15, 0.2) is 0 Å². The lowest BCUT2D eigenvalue weighted by Gasteiger charge is -2.03. The van der Waals surface area contributed by atoms with E-state index >= 15 is 0 Å². The van der Waals surface area contributed by atoms with Crippen LogP contribution < -0.4 is 10.6 Å². The first-order chi connectivity index (χ1) is 6.31. The second-order valence-corrected chi connectivity index (χ2v) is 3.57. The second-order valence-electron chi connectivity index (χ2n) is 2.46. The molecule has 0 aliphatic carbocycles. The minimum absolute atomic E-state index is 0.0335. The largest absolute Gasteiger partial charge is 0.354 e. The lowest BCUT2D eigenvalue weighted by atomic mass is 10.6. The van der Waals surface area contributed by atoms with E-state index in [4.69, 9.17) is 0 Å². The molecular formula is C8H16N2O2S. The maximum absolute atomic E-state index is 11.0. The summed E-state index contributed by atoms with van der Waals surface area (Å²) in [5.41, 5.74) is 0. The molecule has 0 aliphatic rings. The molecule has 0 unspecified atom stereocenters. The van der Waals surface area contributed by atoms with Crippen LogP contribution in [0.3, 0.4) is 0 Å². The Balaban J connectivity index is 3.15. The van der Waals surface area contributed by atoms with Gasteiger partial charge in [0.2, 0.25) is 5.91 Å². The zero-order valence-corrected chi connectivity index (χ0v) is 8.65. The van der Waals surface area contributed by atoms with Gasteiger partial charge in [-0.1, -0.05) is 0 Å². The van der Waals surface area contributed by atoms with Crippen molar-refractivity contribution in [2.75, 3.05) is 31.6 Å². The summed E-state index contributed by atoms with van der Waals surface area (Å²) < 4.78 is 0. The van der Waals surface area contributed by atoms with Gasteiger partial charge in [0.15, 0.2) is 0 Å². The quantitative estimate of drug-likeness (QED) is 0.419. The van der Waals surface area contributed by atoms with Crippen molar-refractivity contribution < 1.29 is 9.59 Å². The normalized spacial score (nSPS) is 9.62. The summed E-state index contributed by atoms with van der Waals surface area (Å²) >= 11 is 1.48. The molecule has 0 fully saturated rings. The van der Waals surface area contributed by atoms with Crippen LogP contribution in [-0.4, -0.2) is 43.8 Å². The molecule has 0 aromatic carbocycles. The molecule has 0 atom stereocenters.